The van der Waals surface area contributed by atoms with Gasteiger partial charge >= 0.3 is 0 Å². The molecule has 0 aliphatic carbocycles. The van der Waals surface area contributed by atoms with Crippen LogP contribution < -0.4 is 10.2 Å². The van der Waals surface area contributed by atoms with Crippen molar-refractivity contribution in [2.45, 2.75) is 18.9 Å². The topological polar surface area (TPSA) is 83.4 Å². The summed E-state index contributed by atoms with van der Waals surface area (Å²) in [6, 6.07) is 7.97. The Balaban J connectivity index is 1.51. The first-order valence-electron chi connectivity index (χ1n) is 9.61. The van der Waals surface area contributed by atoms with Gasteiger partial charge in [0.05, 0.1) is 11.8 Å². The molecule has 2 aromatic heterocycles. The van der Waals surface area contributed by atoms with Gasteiger partial charge in [-0.1, -0.05) is 0 Å². The second kappa shape index (κ2) is 7.73. The third-order valence-electron chi connectivity index (χ3n) is 5.48. The van der Waals surface area contributed by atoms with Crippen LogP contribution in [0.5, 0.6) is 0 Å². The van der Waals surface area contributed by atoms with Gasteiger partial charge in [0.15, 0.2) is 0 Å². The maximum Gasteiger partial charge on any atom is 0.252 e. The molecule has 0 aromatic carbocycles. The van der Waals surface area contributed by atoms with Crippen molar-refractivity contribution in [2.75, 3.05) is 50.5 Å². The number of sulfonamides is 1. The van der Waals surface area contributed by atoms with Gasteiger partial charge in [-0.25, -0.2) is 8.42 Å². The van der Waals surface area contributed by atoms with Crippen LogP contribution in [0.4, 0.5) is 5.82 Å². The maximum absolute atomic E-state index is 12.7. The first kappa shape index (κ1) is 19.2. The molecule has 0 unspecified atom stereocenters. The fraction of sp³-hybridized carbons (Fsp3) is 0.526. The molecular formula is C19H26N4O4S. The van der Waals surface area contributed by atoms with E-state index in [1.165, 1.54) is 10.6 Å². The van der Waals surface area contributed by atoms with Crippen LogP contribution in [0.25, 0.3) is 5.52 Å². The summed E-state index contributed by atoms with van der Waals surface area (Å²) in [5.74, 6) is 0.902. The van der Waals surface area contributed by atoms with Gasteiger partial charge in [0.25, 0.3) is 5.91 Å². The summed E-state index contributed by atoms with van der Waals surface area (Å²) in [7, 11) is -3.15. The van der Waals surface area contributed by atoms with Crippen LogP contribution in [0.15, 0.2) is 30.5 Å². The molecule has 1 N–H and O–H groups in total. The van der Waals surface area contributed by atoms with E-state index in [4.69, 9.17) is 4.74 Å². The number of carbonyl (C=O) groups is 1. The molecule has 1 amide bonds. The van der Waals surface area contributed by atoms with Crippen molar-refractivity contribution in [3.8, 4) is 0 Å². The summed E-state index contributed by atoms with van der Waals surface area (Å²) in [5, 5.41) is 3.09. The van der Waals surface area contributed by atoms with Gasteiger partial charge in [0, 0.05) is 57.1 Å². The molecule has 0 bridgehead atoms. The SMILES string of the molecule is CS(=O)(=O)N1CCN(c2ccc3ccc(C(=O)NC4CCOCC4)cn23)CC1. The van der Waals surface area contributed by atoms with Crippen LogP contribution in [-0.4, -0.2) is 74.7 Å². The number of carbonyl (C=O) groups excluding carboxylic acids is 1. The molecule has 2 fully saturated rings. The van der Waals surface area contributed by atoms with Crippen molar-refractivity contribution >= 4 is 27.3 Å². The quantitative estimate of drug-likeness (QED) is 0.817. The maximum atomic E-state index is 12.7. The molecule has 28 heavy (non-hydrogen) atoms. The second-order valence-corrected chi connectivity index (χ2v) is 9.40. The lowest BCUT2D eigenvalue weighted by Crippen LogP contribution is -2.48. The Hall–Kier alpha value is -2.10. The van der Waals surface area contributed by atoms with E-state index in [0.717, 1.165) is 24.2 Å². The van der Waals surface area contributed by atoms with Crippen molar-refractivity contribution < 1.29 is 17.9 Å². The molecule has 152 valence electrons. The standard InChI is InChI=1S/C19H26N4O4S/c1-28(25,26)22-10-8-21(9-11-22)18-5-4-17-3-2-15(14-23(17)18)19(24)20-16-6-12-27-13-7-16/h2-5,14,16H,6-13H2,1H3,(H,20,24). The van der Waals surface area contributed by atoms with Gasteiger partial charge in [-0.15, -0.1) is 0 Å². The molecule has 0 spiro atoms. The summed E-state index contributed by atoms with van der Waals surface area (Å²) in [6.07, 6.45) is 4.79. The third kappa shape index (κ3) is 4.01. The lowest BCUT2D eigenvalue weighted by Gasteiger charge is -2.34. The Morgan fingerprint density at radius 3 is 2.43 bits per heavy atom. The number of aromatic nitrogens is 1. The van der Waals surface area contributed by atoms with Gasteiger partial charge in [-0.2, -0.15) is 4.31 Å². The lowest BCUT2D eigenvalue weighted by atomic mass is 10.1. The van der Waals surface area contributed by atoms with E-state index in [1.807, 2.05) is 34.9 Å². The number of nitrogens with one attached hydrogen (secondary N) is 1. The predicted octanol–water partition coefficient (Wildman–Crippen LogP) is 0.930. The van der Waals surface area contributed by atoms with Crippen LogP contribution in [0.2, 0.25) is 0 Å². The predicted molar refractivity (Wildman–Crippen MR) is 107 cm³/mol. The van der Waals surface area contributed by atoms with Crippen molar-refractivity contribution in [1.29, 1.82) is 0 Å². The van der Waals surface area contributed by atoms with Crippen LogP contribution in [0.3, 0.4) is 0 Å². The normalized spacial score (nSPS) is 19.8. The fourth-order valence-corrected chi connectivity index (χ4v) is 4.66. The molecule has 0 saturated carbocycles. The Morgan fingerprint density at radius 2 is 1.75 bits per heavy atom. The van der Waals surface area contributed by atoms with Crippen LogP contribution in [0, 0.1) is 0 Å². The minimum atomic E-state index is -3.15. The number of rotatable bonds is 4. The molecule has 0 radical (unpaired) electrons. The van der Waals surface area contributed by atoms with Crippen molar-refractivity contribution in [3.05, 3.63) is 36.0 Å². The van der Waals surface area contributed by atoms with Gasteiger partial charge in [0.2, 0.25) is 10.0 Å². The highest BCUT2D eigenvalue weighted by atomic mass is 32.2. The van der Waals surface area contributed by atoms with E-state index >= 15 is 0 Å². The van der Waals surface area contributed by atoms with Gasteiger partial charge in [-0.3, -0.25) is 4.79 Å². The molecule has 9 heteroatoms. The largest absolute Gasteiger partial charge is 0.381 e. The van der Waals surface area contributed by atoms with Crippen LogP contribution in [0.1, 0.15) is 23.2 Å². The van der Waals surface area contributed by atoms with Crippen molar-refractivity contribution in [2.24, 2.45) is 0 Å². The number of anilines is 1. The Bertz CT molecular complexity index is 957. The smallest absolute Gasteiger partial charge is 0.252 e. The minimum absolute atomic E-state index is 0.0738. The Labute approximate surface area is 165 Å². The van der Waals surface area contributed by atoms with Gasteiger partial charge < -0.3 is 19.4 Å². The van der Waals surface area contributed by atoms with Gasteiger partial charge in [0.1, 0.15) is 5.82 Å². The number of amides is 1. The Morgan fingerprint density at radius 1 is 1.07 bits per heavy atom. The van der Waals surface area contributed by atoms with Gasteiger partial charge in [-0.05, 0) is 37.1 Å². The monoisotopic (exact) mass is 406 g/mol. The van der Waals surface area contributed by atoms with E-state index in [-0.39, 0.29) is 11.9 Å². The zero-order valence-corrected chi connectivity index (χ0v) is 16.8. The second-order valence-electron chi connectivity index (χ2n) is 7.41. The lowest BCUT2D eigenvalue weighted by molar-refractivity contribution is 0.0696. The average Bonchev–Trinajstić information content (AvgIpc) is 3.11. The number of hydrogen-bond donors (Lipinski definition) is 1. The number of fused-ring (bicyclic) bond motifs is 1. The first-order valence-corrected chi connectivity index (χ1v) is 11.5. The molecule has 2 aliphatic rings. The molecular weight excluding hydrogens is 380 g/mol. The summed E-state index contributed by atoms with van der Waals surface area (Å²) in [4.78, 5) is 14.8. The van der Waals surface area contributed by atoms with E-state index in [0.29, 0.717) is 45.0 Å². The Kier molecular flexibility index (Phi) is 5.31. The van der Waals surface area contributed by atoms with Crippen molar-refractivity contribution in [1.82, 2.24) is 14.0 Å². The van der Waals surface area contributed by atoms with E-state index < -0.39 is 10.0 Å². The fourth-order valence-electron chi connectivity index (χ4n) is 3.84. The zero-order chi connectivity index (χ0) is 19.7. The first-order chi connectivity index (χ1) is 13.4. The van der Waals surface area contributed by atoms with E-state index in [2.05, 4.69) is 10.2 Å². The van der Waals surface area contributed by atoms with Crippen molar-refractivity contribution in [3.63, 3.8) is 0 Å². The summed E-state index contributed by atoms with van der Waals surface area (Å²) < 4.78 is 32.3. The molecule has 4 rings (SSSR count). The summed E-state index contributed by atoms with van der Waals surface area (Å²) in [5.41, 5.74) is 1.62. The highest BCUT2D eigenvalue weighted by Crippen LogP contribution is 2.22. The van der Waals surface area contributed by atoms with Crippen LogP contribution >= 0.6 is 0 Å². The number of nitrogens with zero attached hydrogens (tertiary/aromatic N) is 3. The van der Waals surface area contributed by atoms with E-state index in [9.17, 15) is 13.2 Å². The number of pyridine rings is 1. The third-order valence-corrected chi connectivity index (χ3v) is 6.78. The highest BCUT2D eigenvalue weighted by molar-refractivity contribution is 7.88. The molecule has 2 aliphatic heterocycles. The number of ether oxygens (including phenoxy) is 1. The van der Waals surface area contributed by atoms with Crippen LogP contribution in [-0.2, 0) is 14.8 Å². The minimum Gasteiger partial charge on any atom is -0.381 e. The highest BCUT2D eigenvalue weighted by Gasteiger charge is 2.25. The number of hydrogen-bond acceptors (Lipinski definition) is 5. The average molecular weight is 407 g/mol. The molecule has 0 atom stereocenters. The number of piperazine rings is 1. The molecule has 2 saturated heterocycles. The summed E-state index contributed by atoms with van der Waals surface area (Å²) in [6.45, 7) is 3.55. The van der Waals surface area contributed by atoms with E-state index in [1.54, 1.807) is 0 Å². The molecule has 8 nitrogen and oxygen atoms in total. The summed E-state index contributed by atoms with van der Waals surface area (Å²) >= 11 is 0. The molecule has 4 heterocycles. The molecule has 2 aromatic rings. The zero-order valence-electron chi connectivity index (χ0n) is 16.0.